The Labute approximate surface area is 194 Å². The van der Waals surface area contributed by atoms with Crippen LogP contribution in [0, 0.1) is 20.2 Å². The van der Waals surface area contributed by atoms with E-state index in [0.29, 0.717) is 43.1 Å². The number of ketones is 1. The number of benzene rings is 2. The van der Waals surface area contributed by atoms with Crippen molar-refractivity contribution in [1.82, 2.24) is 0 Å². The van der Waals surface area contributed by atoms with E-state index in [2.05, 4.69) is 16.8 Å². The number of hydrogen-bond acceptors (Lipinski definition) is 10. The highest BCUT2D eigenvalue weighted by atomic mass is 16.6. The van der Waals surface area contributed by atoms with Gasteiger partial charge in [0, 0.05) is 43.6 Å². The number of Topliss-reactive ketones (excluding diaryl/α,β-unsaturated/α-hetero) is 1. The Morgan fingerprint density at radius 1 is 1.18 bits per heavy atom. The molecular weight excluding hydrogens is 446 g/mol. The molecule has 0 saturated heterocycles. The molecule has 34 heavy (non-hydrogen) atoms. The number of fused-ring (bicyclic) bond motifs is 1. The molecule has 1 N–H and O–H groups in total. The molecular formula is C22H23N5O7. The lowest BCUT2D eigenvalue weighted by Gasteiger charge is -2.31. The molecule has 0 fully saturated rings. The first-order valence-electron chi connectivity index (χ1n) is 10.5. The van der Waals surface area contributed by atoms with E-state index in [4.69, 9.17) is 4.74 Å². The van der Waals surface area contributed by atoms with Crippen LogP contribution < -0.4 is 4.90 Å². The van der Waals surface area contributed by atoms with Crippen molar-refractivity contribution in [1.29, 1.82) is 0 Å². The summed E-state index contributed by atoms with van der Waals surface area (Å²) in [7, 11) is 0. The molecule has 3 rings (SSSR count). The van der Waals surface area contributed by atoms with Gasteiger partial charge in [0.15, 0.2) is 11.5 Å². The van der Waals surface area contributed by atoms with Gasteiger partial charge in [-0.3, -0.25) is 25.0 Å². The van der Waals surface area contributed by atoms with Gasteiger partial charge >= 0.3 is 5.69 Å². The number of rotatable bonds is 10. The zero-order valence-electron chi connectivity index (χ0n) is 18.5. The highest BCUT2D eigenvalue weighted by Gasteiger charge is 2.25. The van der Waals surface area contributed by atoms with Gasteiger partial charge in [0.05, 0.1) is 34.0 Å². The van der Waals surface area contributed by atoms with Crippen LogP contribution in [-0.2, 0) is 4.74 Å². The summed E-state index contributed by atoms with van der Waals surface area (Å²) >= 11 is 0. The number of nitro groups is 2. The first-order chi connectivity index (χ1) is 16.2. The predicted molar refractivity (Wildman–Crippen MR) is 123 cm³/mol. The third-order valence-electron chi connectivity index (χ3n) is 5.15. The Balaban J connectivity index is 1.87. The fourth-order valence-corrected chi connectivity index (χ4v) is 3.40. The standard InChI is InChI=1S/C22H23N5O7/c1-3-10-34-14(2)6-8-25-9-7-21(28)16-12-18(22(29)13-19(16)25)24-23-17-5-4-15(26(30)31)11-20(17)27(32)33/h4-5,11-13,29H,2-3,6-10H2,1H3. The Morgan fingerprint density at radius 3 is 2.59 bits per heavy atom. The topological polar surface area (TPSA) is 161 Å². The van der Waals surface area contributed by atoms with Crippen LogP contribution in [0.3, 0.4) is 0 Å². The molecule has 0 aromatic heterocycles. The van der Waals surface area contributed by atoms with Gasteiger partial charge in [0.1, 0.15) is 11.4 Å². The third-order valence-corrected chi connectivity index (χ3v) is 5.15. The molecule has 0 spiro atoms. The first kappa shape index (κ1) is 24.3. The smallest absolute Gasteiger partial charge is 0.303 e. The second kappa shape index (κ2) is 10.5. The third kappa shape index (κ3) is 5.52. The number of carbonyl (C=O) groups is 1. The van der Waals surface area contributed by atoms with Gasteiger partial charge in [0.25, 0.3) is 5.69 Å². The zero-order chi connectivity index (χ0) is 24.8. The van der Waals surface area contributed by atoms with E-state index in [0.717, 1.165) is 24.6 Å². The van der Waals surface area contributed by atoms with Crippen LogP contribution >= 0.6 is 0 Å². The van der Waals surface area contributed by atoms with Gasteiger partial charge in [-0.05, 0) is 18.6 Å². The van der Waals surface area contributed by atoms with Crippen molar-refractivity contribution in [2.24, 2.45) is 10.2 Å². The van der Waals surface area contributed by atoms with Crippen LogP contribution in [0.25, 0.3) is 0 Å². The predicted octanol–water partition coefficient (Wildman–Crippen LogP) is 5.35. The summed E-state index contributed by atoms with van der Waals surface area (Å²) in [6.07, 6.45) is 1.69. The molecule has 1 heterocycles. The number of phenols is 1. The summed E-state index contributed by atoms with van der Waals surface area (Å²) in [6, 6.07) is 5.71. The molecule has 12 nitrogen and oxygen atoms in total. The van der Waals surface area contributed by atoms with E-state index in [1.54, 1.807) is 0 Å². The number of carbonyl (C=O) groups excluding carboxylic acids is 1. The van der Waals surface area contributed by atoms with Gasteiger partial charge < -0.3 is 14.7 Å². The number of nitro benzene ring substituents is 2. The number of aromatic hydroxyl groups is 1. The number of non-ortho nitro benzene ring substituents is 1. The molecule has 1 aliphatic rings. The van der Waals surface area contributed by atoms with E-state index in [9.17, 15) is 30.1 Å². The molecule has 1 aliphatic heterocycles. The minimum absolute atomic E-state index is 0.0581. The number of nitrogens with zero attached hydrogens (tertiary/aromatic N) is 5. The fraction of sp³-hybridized carbons (Fsp3) is 0.318. The molecule has 0 aliphatic carbocycles. The Hall–Kier alpha value is -4.35. The Morgan fingerprint density at radius 2 is 1.91 bits per heavy atom. The van der Waals surface area contributed by atoms with Crippen LogP contribution in [0.15, 0.2) is 52.9 Å². The molecule has 178 valence electrons. The minimum Gasteiger partial charge on any atom is -0.506 e. The van der Waals surface area contributed by atoms with E-state index in [-0.39, 0.29) is 29.3 Å². The summed E-state index contributed by atoms with van der Waals surface area (Å²) in [5, 5.41) is 40.3. The lowest BCUT2D eigenvalue weighted by molar-refractivity contribution is -0.393. The van der Waals surface area contributed by atoms with E-state index < -0.39 is 21.2 Å². The molecule has 0 saturated carbocycles. The van der Waals surface area contributed by atoms with Gasteiger partial charge in [-0.15, -0.1) is 10.2 Å². The van der Waals surface area contributed by atoms with E-state index in [1.807, 2.05) is 11.8 Å². The normalized spacial score (nSPS) is 13.1. The number of anilines is 1. The summed E-state index contributed by atoms with van der Waals surface area (Å²) in [4.78, 5) is 35.1. The van der Waals surface area contributed by atoms with E-state index >= 15 is 0 Å². The van der Waals surface area contributed by atoms with Crippen molar-refractivity contribution < 1.29 is 24.5 Å². The number of azo groups is 1. The Kier molecular flexibility index (Phi) is 7.51. The van der Waals surface area contributed by atoms with Gasteiger partial charge in [-0.1, -0.05) is 13.5 Å². The van der Waals surface area contributed by atoms with Gasteiger partial charge in [-0.2, -0.15) is 0 Å². The van der Waals surface area contributed by atoms with Gasteiger partial charge in [-0.25, -0.2) is 0 Å². The van der Waals surface area contributed by atoms with Crippen LogP contribution in [0.2, 0.25) is 0 Å². The molecule has 0 bridgehead atoms. The first-order valence-corrected chi connectivity index (χ1v) is 10.5. The van der Waals surface area contributed by atoms with Crippen molar-refractivity contribution in [3.05, 3.63) is 68.5 Å². The molecule has 0 radical (unpaired) electrons. The largest absolute Gasteiger partial charge is 0.506 e. The van der Waals surface area contributed by atoms with Crippen molar-refractivity contribution in [3.8, 4) is 5.75 Å². The van der Waals surface area contributed by atoms with E-state index in [1.165, 1.54) is 12.1 Å². The van der Waals surface area contributed by atoms with Gasteiger partial charge in [0.2, 0.25) is 0 Å². The second-order valence-electron chi connectivity index (χ2n) is 7.54. The van der Waals surface area contributed by atoms with Crippen LogP contribution in [-0.4, -0.2) is 40.4 Å². The van der Waals surface area contributed by atoms with Crippen molar-refractivity contribution >= 4 is 34.2 Å². The van der Waals surface area contributed by atoms with Crippen molar-refractivity contribution in [2.75, 3.05) is 24.6 Å². The molecule has 0 amide bonds. The summed E-state index contributed by atoms with van der Waals surface area (Å²) in [6.45, 7) is 7.48. The minimum atomic E-state index is -0.812. The highest BCUT2D eigenvalue weighted by molar-refractivity contribution is 6.04. The zero-order valence-corrected chi connectivity index (χ0v) is 18.5. The van der Waals surface area contributed by atoms with Crippen LogP contribution in [0.4, 0.5) is 28.4 Å². The quantitative estimate of drug-likeness (QED) is 0.211. The van der Waals surface area contributed by atoms with Crippen LogP contribution in [0.5, 0.6) is 5.75 Å². The monoisotopic (exact) mass is 469 g/mol. The SMILES string of the molecule is C=C(CCN1CCC(=O)c2cc(N=Nc3ccc([N+](=O)[O-])cc3[N+](=O)[O-])c(O)cc21)OCCC. The molecule has 0 atom stereocenters. The molecule has 2 aromatic rings. The number of hydrogen-bond donors (Lipinski definition) is 1. The van der Waals surface area contributed by atoms with Crippen LogP contribution in [0.1, 0.15) is 36.5 Å². The average Bonchev–Trinajstić information content (AvgIpc) is 2.81. The lowest BCUT2D eigenvalue weighted by atomic mass is 9.99. The maximum absolute atomic E-state index is 12.5. The molecule has 12 heteroatoms. The molecule has 0 unspecified atom stereocenters. The number of ether oxygens (including phenoxy) is 1. The summed E-state index contributed by atoms with van der Waals surface area (Å²) in [5.41, 5.74) is -0.476. The lowest BCUT2D eigenvalue weighted by Crippen LogP contribution is -2.33. The highest BCUT2D eigenvalue weighted by Crippen LogP contribution is 2.39. The number of phenolic OH excluding ortho intramolecular Hbond substituents is 1. The molecule has 2 aromatic carbocycles. The van der Waals surface area contributed by atoms with Crippen molar-refractivity contribution in [3.63, 3.8) is 0 Å². The maximum Gasteiger partial charge on any atom is 0.303 e. The maximum atomic E-state index is 12.5. The fourth-order valence-electron chi connectivity index (χ4n) is 3.40. The average molecular weight is 469 g/mol. The van der Waals surface area contributed by atoms with Crippen molar-refractivity contribution in [2.45, 2.75) is 26.2 Å². The summed E-state index contributed by atoms with van der Waals surface area (Å²) < 4.78 is 5.50. The second-order valence-corrected chi connectivity index (χ2v) is 7.54. The summed E-state index contributed by atoms with van der Waals surface area (Å²) in [5.74, 6) is 0.234. The Bertz CT molecular complexity index is 1180.